The van der Waals surface area contributed by atoms with Crippen molar-refractivity contribution >= 4 is 11.6 Å². The molecule has 0 spiro atoms. The van der Waals surface area contributed by atoms with Gasteiger partial charge in [-0.15, -0.1) is 0 Å². The third-order valence-electron chi connectivity index (χ3n) is 4.17. The number of rotatable bonds is 6. The van der Waals surface area contributed by atoms with Gasteiger partial charge in [0.05, 0.1) is 37.3 Å². The summed E-state index contributed by atoms with van der Waals surface area (Å²) in [6.45, 7) is 2.89. The van der Waals surface area contributed by atoms with Crippen molar-refractivity contribution in [3.05, 3.63) is 54.6 Å². The number of hydrogen-bond donors (Lipinski definition) is 1. The van der Waals surface area contributed by atoms with E-state index in [2.05, 4.69) is 32.3 Å². The number of amides is 1. The van der Waals surface area contributed by atoms with Crippen LogP contribution in [0.3, 0.4) is 0 Å². The number of nitrogens with one attached hydrogen (secondary N) is 1. The highest BCUT2D eigenvalue weighted by Crippen LogP contribution is 2.14. The number of morpholine rings is 1. The fourth-order valence-electron chi connectivity index (χ4n) is 2.91. The van der Waals surface area contributed by atoms with Crippen molar-refractivity contribution in [1.29, 1.82) is 0 Å². The maximum Gasteiger partial charge on any atom is 0.241 e. The maximum absolute atomic E-state index is 12.8. The van der Waals surface area contributed by atoms with Crippen molar-refractivity contribution in [2.75, 3.05) is 31.6 Å². The summed E-state index contributed by atoms with van der Waals surface area (Å²) in [7, 11) is 0. The van der Waals surface area contributed by atoms with Crippen molar-refractivity contribution in [2.24, 2.45) is 0 Å². The SMILES string of the molecule is O=C(Nc1cncnc1)C(CCc1ccccc1)N1CCOCC1. The molecule has 1 N–H and O–H groups in total. The van der Waals surface area contributed by atoms with Crippen LogP contribution in [0.25, 0.3) is 0 Å². The van der Waals surface area contributed by atoms with Crippen LogP contribution < -0.4 is 5.32 Å². The summed E-state index contributed by atoms with van der Waals surface area (Å²) in [4.78, 5) is 22.9. The molecule has 1 saturated heterocycles. The Bertz CT molecular complexity index is 630. The molecule has 0 aliphatic carbocycles. The van der Waals surface area contributed by atoms with Crippen LogP contribution in [0.15, 0.2) is 49.1 Å². The van der Waals surface area contributed by atoms with Crippen LogP contribution in [0.4, 0.5) is 5.69 Å². The molecule has 0 saturated carbocycles. The standard InChI is InChI=1S/C18H22N4O2/c23-18(21-16-12-19-14-20-13-16)17(22-8-10-24-11-9-22)7-6-15-4-2-1-3-5-15/h1-5,12-14,17H,6-11H2,(H,21,23). The fourth-order valence-corrected chi connectivity index (χ4v) is 2.91. The van der Waals surface area contributed by atoms with Gasteiger partial charge in [0.15, 0.2) is 0 Å². The summed E-state index contributed by atoms with van der Waals surface area (Å²) in [5.74, 6) is -0.0115. The monoisotopic (exact) mass is 326 g/mol. The molecule has 1 aliphatic heterocycles. The van der Waals surface area contributed by atoms with E-state index in [0.717, 1.165) is 25.9 Å². The van der Waals surface area contributed by atoms with Crippen molar-refractivity contribution in [1.82, 2.24) is 14.9 Å². The molecule has 1 atom stereocenters. The van der Waals surface area contributed by atoms with Crippen LogP contribution in [0.1, 0.15) is 12.0 Å². The van der Waals surface area contributed by atoms with Gasteiger partial charge >= 0.3 is 0 Å². The number of benzene rings is 1. The number of nitrogens with zero attached hydrogens (tertiary/aromatic N) is 3. The molecule has 1 aliphatic rings. The molecule has 126 valence electrons. The Hall–Kier alpha value is -2.31. The van der Waals surface area contributed by atoms with Crippen LogP contribution in [0, 0.1) is 0 Å². The van der Waals surface area contributed by atoms with Crippen molar-refractivity contribution in [3.63, 3.8) is 0 Å². The average Bonchev–Trinajstić information content (AvgIpc) is 2.64. The Morgan fingerprint density at radius 1 is 1.17 bits per heavy atom. The first kappa shape index (κ1) is 16.5. The second-order valence-electron chi connectivity index (χ2n) is 5.80. The van der Waals surface area contributed by atoms with E-state index in [0.29, 0.717) is 18.9 Å². The number of carbonyl (C=O) groups is 1. The van der Waals surface area contributed by atoms with Gasteiger partial charge in [-0.05, 0) is 18.4 Å². The van der Waals surface area contributed by atoms with Crippen LogP contribution >= 0.6 is 0 Å². The summed E-state index contributed by atoms with van der Waals surface area (Å²) in [6.07, 6.45) is 6.30. The highest BCUT2D eigenvalue weighted by molar-refractivity contribution is 5.94. The molecule has 24 heavy (non-hydrogen) atoms. The third-order valence-corrected chi connectivity index (χ3v) is 4.17. The quantitative estimate of drug-likeness (QED) is 0.876. The maximum atomic E-state index is 12.8. The van der Waals surface area contributed by atoms with Crippen molar-refractivity contribution in [2.45, 2.75) is 18.9 Å². The van der Waals surface area contributed by atoms with E-state index in [9.17, 15) is 4.79 Å². The lowest BCUT2D eigenvalue weighted by Gasteiger charge is -2.33. The normalized spacial score (nSPS) is 16.5. The van der Waals surface area contributed by atoms with Gasteiger partial charge in [-0.3, -0.25) is 9.69 Å². The molecule has 3 rings (SSSR count). The predicted octanol–water partition coefficient (Wildman–Crippen LogP) is 1.75. The summed E-state index contributed by atoms with van der Waals surface area (Å²) < 4.78 is 5.42. The summed E-state index contributed by atoms with van der Waals surface area (Å²) >= 11 is 0. The molecule has 6 nitrogen and oxygen atoms in total. The largest absolute Gasteiger partial charge is 0.379 e. The molecule has 2 aromatic rings. The van der Waals surface area contributed by atoms with Gasteiger partial charge in [0, 0.05) is 13.1 Å². The topological polar surface area (TPSA) is 67.4 Å². The van der Waals surface area contributed by atoms with Gasteiger partial charge in [-0.1, -0.05) is 30.3 Å². The van der Waals surface area contributed by atoms with E-state index >= 15 is 0 Å². The second kappa shape index (κ2) is 8.52. The molecule has 1 aromatic carbocycles. The zero-order valence-corrected chi connectivity index (χ0v) is 13.6. The highest BCUT2D eigenvalue weighted by atomic mass is 16.5. The number of carbonyl (C=O) groups excluding carboxylic acids is 1. The van der Waals surface area contributed by atoms with Crippen molar-refractivity contribution in [3.8, 4) is 0 Å². The Kier molecular flexibility index (Phi) is 5.87. The van der Waals surface area contributed by atoms with E-state index < -0.39 is 0 Å². The summed E-state index contributed by atoms with van der Waals surface area (Å²) in [5.41, 5.74) is 1.87. The molecule has 0 bridgehead atoms. The predicted molar refractivity (Wildman–Crippen MR) is 91.6 cm³/mol. The molecule has 0 radical (unpaired) electrons. The second-order valence-corrected chi connectivity index (χ2v) is 5.80. The van der Waals surface area contributed by atoms with Gasteiger partial charge in [-0.25, -0.2) is 9.97 Å². The number of hydrogen-bond acceptors (Lipinski definition) is 5. The molecule has 1 unspecified atom stereocenters. The van der Waals surface area contributed by atoms with E-state index in [1.165, 1.54) is 11.9 Å². The van der Waals surface area contributed by atoms with Gasteiger partial charge in [0.2, 0.25) is 5.91 Å². The first-order valence-electron chi connectivity index (χ1n) is 8.24. The summed E-state index contributed by atoms with van der Waals surface area (Å²) in [5, 5.41) is 2.93. The lowest BCUT2D eigenvalue weighted by Crippen LogP contribution is -2.49. The molecule has 1 amide bonds. The number of aromatic nitrogens is 2. The zero-order chi connectivity index (χ0) is 16.6. The Balaban J connectivity index is 1.67. The first-order chi connectivity index (χ1) is 11.8. The molecular formula is C18H22N4O2. The van der Waals surface area contributed by atoms with E-state index in [1.54, 1.807) is 12.4 Å². The van der Waals surface area contributed by atoms with E-state index in [4.69, 9.17) is 4.74 Å². The van der Waals surface area contributed by atoms with Gasteiger partial charge in [0.25, 0.3) is 0 Å². The average molecular weight is 326 g/mol. The lowest BCUT2D eigenvalue weighted by atomic mass is 10.0. The lowest BCUT2D eigenvalue weighted by molar-refractivity contribution is -0.123. The zero-order valence-electron chi connectivity index (χ0n) is 13.6. The summed E-state index contributed by atoms with van der Waals surface area (Å²) in [6, 6.07) is 10.1. The molecule has 2 heterocycles. The number of ether oxygens (including phenoxy) is 1. The fraction of sp³-hybridized carbons (Fsp3) is 0.389. The van der Waals surface area contributed by atoms with Crippen LogP contribution in [0.5, 0.6) is 0 Å². The van der Waals surface area contributed by atoms with Crippen LogP contribution in [-0.4, -0.2) is 53.1 Å². The third kappa shape index (κ3) is 4.59. The first-order valence-corrected chi connectivity index (χ1v) is 8.24. The molecule has 6 heteroatoms. The molecule has 1 aromatic heterocycles. The Morgan fingerprint density at radius 2 is 1.88 bits per heavy atom. The van der Waals surface area contributed by atoms with E-state index in [1.807, 2.05) is 18.2 Å². The minimum Gasteiger partial charge on any atom is -0.379 e. The molecular weight excluding hydrogens is 304 g/mol. The minimum atomic E-state index is -0.186. The van der Waals surface area contributed by atoms with Gasteiger partial charge in [0.1, 0.15) is 6.33 Å². The van der Waals surface area contributed by atoms with E-state index in [-0.39, 0.29) is 11.9 Å². The Labute approximate surface area is 141 Å². The van der Waals surface area contributed by atoms with Crippen LogP contribution in [0.2, 0.25) is 0 Å². The number of aryl methyl sites for hydroxylation is 1. The van der Waals surface area contributed by atoms with Crippen molar-refractivity contribution < 1.29 is 9.53 Å². The van der Waals surface area contributed by atoms with Crippen LogP contribution in [-0.2, 0) is 16.0 Å². The minimum absolute atomic E-state index is 0.0115. The Morgan fingerprint density at radius 3 is 2.58 bits per heavy atom. The smallest absolute Gasteiger partial charge is 0.241 e. The highest BCUT2D eigenvalue weighted by Gasteiger charge is 2.27. The van der Waals surface area contributed by atoms with Gasteiger partial charge in [-0.2, -0.15) is 0 Å². The molecule has 1 fully saturated rings. The van der Waals surface area contributed by atoms with Gasteiger partial charge < -0.3 is 10.1 Å². The number of anilines is 1.